The third kappa shape index (κ3) is 4.84. The number of esters is 1. The second-order valence-corrected chi connectivity index (χ2v) is 5.82. The van der Waals surface area contributed by atoms with Gasteiger partial charge in [-0.1, -0.05) is 0 Å². The monoisotopic (exact) mass is 405 g/mol. The van der Waals surface area contributed by atoms with Crippen LogP contribution < -0.4 is 10.1 Å². The number of methoxy groups -OCH3 is 2. The van der Waals surface area contributed by atoms with Crippen molar-refractivity contribution in [3.63, 3.8) is 0 Å². The number of nitrogens with zero attached hydrogens (tertiary/aromatic N) is 2. The number of halogens is 4. The van der Waals surface area contributed by atoms with E-state index in [1.807, 2.05) is 0 Å². The van der Waals surface area contributed by atoms with Crippen LogP contribution in [0.3, 0.4) is 0 Å². The lowest BCUT2D eigenvalue weighted by atomic mass is 10.1. The first-order valence-corrected chi connectivity index (χ1v) is 7.82. The van der Waals surface area contributed by atoms with Crippen LogP contribution in [0.25, 0.3) is 0 Å². The molecule has 0 aromatic heterocycles. The maximum atomic E-state index is 14.0. The van der Waals surface area contributed by atoms with Gasteiger partial charge in [-0.2, -0.15) is 18.3 Å². The van der Waals surface area contributed by atoms with Crippen LogP contribution in [-0.4, -0.2) is 37.5 Å². The molecule has 1 aromatic carbocycles. The lowest BCUT2D eigenvalue weighted by Crippen LogP contribution is -2.19. The SMILES string of the molecule is COC(=O)/C=C1/S/C(=N\N=Cc2ccc(C(F)(F)F)c(F)c2OC)NC1=O. The fourth-order valence-electron chi connectivity index (χ4n) is 1.88. The normalized spacial score (nSPS) is 17.6. The van der Waals surface area contributed by atoms with Crippen molar-refractivity contribution in [2.75, 3.05) is 14.2 Å². The molecule has 0 aliphatic carbocycles. The Morgan fingerprint density at radius 3 is 2.59 bits per heavy atom. The lowest BCUT2D eigenvalue weighted by Gasteiger charge is -2.12. The average Bonchev–Trinajstić information content (AvgIpc) is 2.93. The van der Waals surface area contributed by atoms with Gasteiger partial charge in [0.2, 0.25) is 0 Å². The first kappa shape index (κ1) is 20.4. The largest absolute Gasteiger partial charge is 0.493 e. The fraction of sp³-hybridized carbons (Fsp3) is 0.200. The number of amidine groups is 1. The topological polar surface area (TPSA) is 89.3 Å². The minimum absolute atomic E-state index is 0.0118. The summed E-state index contributed by atoms with van der Waals surface area (Å²) in [7, 11) is 2.16. The average molecular weight is 405 g/mol. The van der Waals surface area contributed by atoms with Crippen molar-refractivity contribution in [1.82, 2.24) is 5.32 Å². The number of amides is 1. The predicted octanol–water partition coefficient (Wildman–Crippen LogP) is 2.46. The number of hydrogen-bond acceptors (Lipinski definition) is 7. The van der Waals surface area contributed by atoms with E-state index >= 15 is 0 Å². The van der Waals surface area contributed by atoms with Gasteiger partial charge in [0.25, 0.3) is 5.91 Å². The molecule has 1 heterocycles. The van der Waals surface area contributed by atoms with E-state index < -0.39 is 35.2 Å². The third-order valence-electron chi connectivity index (χ3n) is 3.08. The molecular formula is C15H11F4N3O4S. The van der Waals surface area contributed by atoms with E-state index in [1.54, 1.807) is 0 Å². The summed E-state index contributed by atoms with van der Waals surface area (Å²) in [6.45, 7) is 0. The van der Waals surface area contributed by atoms with Crippen molar-refractivity contribution in [1.29, 1.82) is 0 Å². The van der Waals surface area contributed by atoms with E-state index in [1.165, 1.54) is 0 Å². The first-order valence-electron chi connectivity index (χ1n) is 7.01. The Balaban J connectivity index is 2.23. The Kier molecular flexibility index (Phi) is 6.20. The van der Waals surface area contributed by atoms with E-state index in [-0.39, 0.29) is 15.6 Å². The van der Waals surface area contributed by atoms with E-state index in [2.05, 4.69) is 25.0 Å². The molecule has 1 aromatic rings. The second kappa shape index (κ2) is 8.20. The van der Waals surface area contributed by atoms with E-state index in [9.17, 15) is 27.2 Å². The summed E-state index contributed by atoms with van der Waals surface area (Å²) in [5.74, 6) is -3.56. The number of hydrogen-bond donors (Lipinski definition) is 1. The highest BCUT2D eigenvalue weighted by atomic mass is 32.2. The minimum Gasteiger partial charge on any atom is -0.493 e. The molecule has 0 atom stereocenters. The summed E-state index contributed by atoms with van der Waals surface area (Å²) in [4.78, 5) is 22.8. The quantitative estimate of drug-likeness (QED) is 0.273. The van der Waals surface area contributed by atoms with E-state index in [0.717, 1.165) is 44.3 Å². The van der Waals surface area contributed by atoms with Gasteiger partial charge in [-0.3, -0.25) is 10.1 Å². The van der Waals surface area contributed by atoms with Gasteiger partial charge in [0.15, 0.2) is 16.7 Å². The molecule has 1 aliphatic heterocycles. The number of ether oxygens (including phenoxy) is 2. The van der Waals surface area contributed by atoms with Crippen molar-refractivity contribution in [2.45, 2.75) is 6.18 Å². The Morgan fingerprint density at radius 1 is 1.30 bits per heavy atom. The van der Waals surface area contributed by atoms with Crippen LogP contribution >= 0.6 is 11.8 Å². The molecule has 144 valence electrons. The smallest absolute Gasteiger partial charge is 0.419 e. The third-order valence-corrected chi connectivity index (χ3v) is 3.98. The highest BCUT2D eigenvalue weighted by Gasteiger charge is 2.36. The van der Waals surface area contributed by atoms with Crippen LogP contribution in [0.15, 0.2) is 33.3 Å². The Morgan fingerprint density at radius 2 is 2.00 bits per heavy atom. The van der Waals surface area contributed by atoms with Gasteiger partial charge in [-0.05, 0) is 23.9 Å². The predicted molar refractivity (Wildman–Crippen MR) is 88.8 cm³/mol. The van der Waals surface area contributed by atoms with Crippen LogP contribution in [0, 0.1) is 5.82 Å². The van der Waals surface area contributed by atoms with Crippen LogP contribution in [0.2, 0.25) is 0 Å². The number of rotatable bonds is 4. The van der Waals surface area contributed by atoms with Crippen molar-refractivity contribution in [3.8, 4) is 5.75 Å². The molecule has 1 fully saturated rings. The molecule has 0 unspecified atom stereocenters. The summed E-state index contributed by atoms with van der Waals surface area (Å²) >= 11 is 0.798. The number of nitrogens with one attached hydrogen (secondary N) is 1. The van der Waals surface area contributed by atoms with Crippen molar-refractivity contribution in [2.24, 2.45) is 10.2 Å². The molecule has 0 spiro atoms. The fourth-order valence-corrected chi connectivity index (χ4v) is 2.62. The van der Waals surface area contributed by atoms with Gasteiger partial charge >= 0.3 is 12.1 Å². The maximum Gasteiger partial charge on any atom is 0.419 e. The molecule has 27 heavy (non-hydrogen) atoms. The summed E-state index contributed by atoms with van der Waals surface area (Å²) in [6, 6.07) is 1.52. The highest BCUT2D eigenvalue weighted by molar-refractivity contribution is 8.18. The number of carbonyl (C=O) groups excluding carboxylic acids is 2. The zero-order valence-electron chi connectivity index (χ0n) is 13.8. The van der Waals surface area contributed by atoms with Gasteiger partial charge < -0.3 is 9.47 Å². The van der Waals surface area contributed by atoms with Gasteiger partial charge in [-0.25, -0.2) is 9.18 Å². The molecule has 1 N–H and O–H groups in total. The lowest BCUT2D eigenvalue weighted by molar-refractivity contribution is -0.140. The van der Waals surface area contributed by atoms with Crippen LogP contribution in [0.4, 0.5) is 17.6 Å². The summed E-state index contributed by atoms with van der Waals surface area (Å²) in [5.41, 5.74) is -1.56. The molecule has 0 radical (unpaired) electrons. The van der Waals surface area contributed by atoms with Crippen molar-refractivity contribution in [3.05, 3.63) is 40.1 Å². The van der Waals surface area contributed by atoms with Crippen LogP contribution in [0.1, 0.15) is 11.1 Å². The molecule has 1 aliphatic rings. The summed E-state index contributed by atoms with van der Waals surface area (Å²) in [6.07, 6.45) is -2.95. The van der Waals surface area contributed by atoms with Crippen LogP contribution in [-0.2, 0) is 20.5 Å². The van der Waals surface area contributed by atoms with E-state index in [4.69, 9.17) is 0 Å². The highest BCUT2D eigenvalue weighted by Crippen LogP contribution is 2.36. The summed E-state index contributed by atoms with van der Waals surface area (Å²) < 4.78 is 61.2. The molecule has 1 amide bonds. The van der Waals surface area contributed by atoms with Crippen molar-refractivity contribution < 1.29 is 36.6 Å². The van der Waals surface area contributed by atoms with Gasteiger partial charge in [0, 0.05) is 11.6 Å². The van der Waals surface area contributed by atoms with Crippen LogP contribution in [0.5, 0.6) is 5.75 Å². The Bertz CT molecular complexity index is 865. The second-order valence-electron chi connectivity index (χ2n) is 4.78. The summed E-state index contributed by atoms with van der Waals surface area (Å²) in [5, 5.41) is 9.57. The number of carbonyl (C=O) groups is 2. The van der Waals surface area contributed by atoms with Gasteiger partial charge in [0.05, 0.1) is 30.9 Å². The first-order chi connectivity index (χ1) is 12.7. The molecule has 12 heteroatoms. The molecular weight excluding hydrogens is 394 g/mol. The number of alkyl halides is 3. The minimum atomic E-state index is -4.87. The Hall–Kier alpha value is -2.89. The Labute approximate surface area is 154 Å². The molecule has 0 saturated carbocycles. The molecule has 7 nitrogen and oxygen atoms in total. The van der Waals surface area contributed by atoms with Crippen molar-refractivity contribution >= 4 is 35.0 Å². The van der Waals surface area contributed by atoms with Gasteiger partial charge in [0.1, 0.15) is 0 Å². The standard InChI is InChI=1S/C15H11F4N3O4S/c1-25-10(23)5-9-13(24)21-14(27-9)22-20-6-7-3-4-8(15(17,18)19)11(16)12(7)26-2/h3-6H,1-2H3,(H,21,22,24)/b9-5+,20-6?. The molecule has 2 rings (SSSR count). The van der Waals surface area contributed by atoms with E-state index in [0.29, 0.717) is 6.07 Å². The zero-order valence-corrected chi connectivity index (χ0v) is 14.6. The zero-order chi connectivity index (χ0) is 20.2. The maximum absolute atomic E-state index is 14.0. The van der Waals surface area contributed by atoms with Gasteiger partial charge in [-0.15, -0.1) is 5.10 Å². The molecule has 0 bridgehead atoms. The molecule has 1 saturated heterocycles. The number of thioether (sulfide) groups is 1. The number of benzene rings is 1.